The van der Waals surface area contributed by atoms with Crippen molar-refractivity contribution in [2.75, 3.05) is 19.0 Å². The van der Waals surface area contributed by atoms with Gasteiger partial charge in [-0.3, -0.25) is 9.59 Å². The van der Waals surface area contributed by atoms with Crippen molar-refractivity contribution in [2.24, 2.45) is 5.92 Å². The second-order valence-corrected chi connectivity index (χ2v) is 8.35. The molecule has 148 valence electrons. The highest BCUT2D eigenvalue weighted by molar-refractivity contribution is 9.09. The maximum absolute atomic E-state index is 12.3. The molecule has 0 unspecified atom stereocenters. The molecule has 0 spiro atoms. The molecule has 2 rings (SSSR count). The van der Waals surface area contributed by atoms with Crippen LogP contribution in [0.1, 0.15) is 48.7 Å². The Morgan fingerprint density at radius 3 is 2.56 bits per heavy atom. The summed E-state index contributed by atoms with van der Waals surface area (Å²) in [5.74, 6) is -0.498. The smallest absolute Gasteiger partial charge is 0.306 e. The molecule has 0 saturated carbocycles. The summed E-state index contributed by atoms with van der Waals surface area (Å²) >= 11 is 4.79. The first kappa shape index (κ1) is 21.7. The minimum atomic E-state index is -0.960. The molecular formula is C20H25BrO5S. The molecule has 0 aliphatic heterocycles. The zero-order valence-corrected chi connectivity index (χ0v) is 18.0. The summed E-state index contributed by atoms with van der Waals surface area (Å²) in [7, 11) is 1.59. The van der Waals surface area contributed by atoms with Gasteiger partial charge in [0.05, 0.1) is 24.5 Å². The van der Waals surface area contributed by atoms with E-state index in [1.807, 2.05) is 12.1 Å². The van der Waals surface area contributed by atoms with E-state index in [9.17, 15) is 9.59 Å². The number of hydrogen-bond donors (Lipinski definition) is 1. The molecule has 2 aromatic rings. The molecule has 7 heteroatoms. The average Bonchev–Trinajstić information content (AvgIpc) is 3.06. The molecule has 1 atom stereocenters. The number of halogens is 1. The Morgan fingerprint density at radius 1 is 1.15 bits per heavy atom. The summed E-state index contributed by atoms with van der Waals surface area (Å²) in [6.45, 7) is 2.16. The van der Waals surface area contributed by atoms with Gasteiger partial charge in [0, 0.05) is 22.5 Å². The molecule has 1 aromatic carbocycles. The number of thiophene rings is 1. The molecule has 0 bridgehead atoms. The number of ether oxygens (including phenoxy) is 2. The van der Waals surface area contributed by atoms with Crippen LogP contribution in [0.2, 0.25) is 0 Å². The monoisotopic (exact) mass is 456 g/mol. The highest BCUT2D eigenvalue weighted by atomic mass is 79.9. The number of carbonyl (C=O) groups is 2. The second-order valence-electron chi connectivity index (χ2n) is 6.47. The molecule has 0 amide bonds. The summed E-state index contributed by atoms with van der Waals surface area (Å²) in [5, 5.41) is 10.9. The molecule has 0 fully saturated rings. The van der Waals surface area contributed by atoms with Crippen LogP contribution >= 0.6 is 27.3 Å². The number of carboxylic acid groups (broad SMARTS) is 1. The van der Waals surface area contributed by atoms with Gasteiger partial charge in [-0.25, -0.2) is 0 Å². The van der Waals surface area contributed by atoms with Crippen LogP contribution < -0.4 is 9.47 Å². The van der Waals surface area contributed by atoms with E-state index < -0.39 is 11.9 Å². The topological polar surface area (TPSA) is 72.8 Å². The van der Waals surface area contributed by atoms with Crippen LogP contribution in [-0.4, -0.2) is 35.9 Å². The first-order valence-electron chi connectivity index (χ1n) is 9.02. The molecule has 0 saturated heterocycles. The van der Waals surface area contributed by atoms with E-state index in [-0.39, 0.29) is 12.2 Å². The van der Waals surface area contributed by atoms with Crippen molar-refractivity contribution in [3.63, 3.8) is 0 Å². The third kappa shape index (κ3) is 6.21. The van der Waals surface area contributed by atoms with Gasteiger partial charge in [-0.1, -0.05) is 35.7 Å². The fourth-order valence-electron chi connectivity index (χ4n) is 2.66. The Morgan fingerprint density at radius 2 is 1.89 bits per heavy atom. The summed E-state index contributed by atoms with van der Waals surface area (Å²) in [5.41, 5.74) is 0. The minimum absolute atomic E-state index is 0.00293. The molecule has 0 radical (unpaired) electrons. The first-order valence-corrected chi connectivity index (χ1v) is 11.0. The van der Waals surface area contributed by atoms with E-state index >= 15 is 0 Å². The van der Waals surface area contributed by atoms with Crippen molar-refractivity contribution >= 4 is 49.1 Å². The van der Waals surface area contributed by atoms with E-state index in [0.717, 1.165) is 28.3 Å². The number of aliphatic carboxylic acids is 1. The summed E-state index contributed by atoms with van der Waals surface area (Å²) in [4.78, 5) is 23.9. The Balaban J connectivity index is 2.09. The highest BCUT2D eigenvalue weighted by Crippen LogP contribution is 2.37. The summed E-state index contributed by atoms with van der Waals surface area (Å²) in [6, 6.07) is 5.56. The lowest BCUT2D eigenvalue weighted by Crippen LogP contribution is -2.13. The van der Waals surface area contributed by atoms with E-state index in [0.29, 0.717) is 23.0 Å². The number of rotatable bonds is 12. The van der Waals surface area contributed by atoms with Crippen molar-refractivity contribution in [2.45, 2.75) is 39.0 Å². The van der Waals surface area contributed by atoms with Crippen LogP contribution in [0.4, 0.5) is 0 Å². The van der Waals surface area contributed by atoms with Crippen molar-refractivity contribution in [3.8, 4) is 11.5 Å². The lowest BCUT2D eigenvalue weighted by Gasteiger charge is -2.10. The first-order chi connectivity index (χ1) is 13.0. The third-order valence-corrected chi connectivity index (χ3v) is 5.98. The zero-order valence-electron chi connectivity index (χ0n) is 15.6. The second kappa shape index (κ2) is 10.7. The maximum Gasteiger partial charge on any atom is 0.306 e. The lowest BCUT2D eigenvalue weighted by atomic mass is 10.0. The van der Waals surface area contributed by atoms with E-state index in [1.54, 1.807) is 20.1 Å². The molecule has 27 heavy (non-hydrogen) atoms. The summed E-state index contributed by atoms with van der Waals surface area (Å²) in [6.07, 6.45) is 4.44. The van der Waals surface area contributed by atoms with Crippen LogP contribution in [-0.2, 0) is 4.79 Å². The van der Waals surface area contributed by atoms with E-state index in [1.165, 1.54) is 24.2 Å². The quantitative estimate of drug-likeness (QED) is 0.258. The van der Waals surface area contributed by atoms with Gasteiger partial charge in [0.25, 0.3) is 0 Å². The standard InChI is InChI=1S/C20H25BrO5S/c1-13(20(23)24)9-15(22)19-11-14-10-16(25-2)17(12-18(14)27-19)26-8-6-4-3-5-7-21/h10-13H,3-9H2,1-2H3,(H,23,24)/t13-/m0/s1. The number of hydrogen-bond acceptors (Lipinski definition) is 5. The van der Waals surface area contributed by atoms with Gasteiger partial charge in [-0.15, -0.1) is 11.3 Å². The number of methoxy groups -OCH3 is 1. The van der Waals surface area contributed by atoms with Crippen molar-refractivity contribution in [1.82, 2.24) is 0 Å². The Kier molecular flexibility index (Phi) is 8.57. The number of ketones is 1. The van der Waals surface area contributed by atoms with Crippen LogP contribution in [0.3, 0.4) is 0 Å². The van der Waals surface area contributed by atoms with E-state index in [2.05, 4.69) is 15.9 Å². The number of alkyl halides is 1. The van der Waals surface area contributed by atoms with Crippen LogP contribution in [0.25, 0.3) is 10.1 Å². The number of Topliss-reactive ketones (excluding diaryl/α,β-unsaturated/α-hetero) is 1. The summed E-state index contributed by atoms with van der Waals surface area (Å²) < 4.78 is 12.2. The van der Waals surface area contributed by atoms with Gasteiger partial charge in [-0.2, -0.15) is 0 Å². The lowest BCUT2D eigenvalue weighted by molar-refractivity contribution is -0.141. The van der Waals surface area contributed by atoms with Crippen molar-refractivity contribution in [3.05, 3.63) is 23.1 Å². The van der Waals surface area contributed by atoms with Crippen LogP contribution in [0, 0.1) is 5.92 Å². The zero-order chi connectivity index (χ0) is 19.8. The Labute approximate surface area is 171 Å². The maximum atomic E-state index is 12.3. The highest BCUT2D eigenvalue weighted by Gasteiger charge is 2.19. The molecule has 0 aliphatic rings. The SMILES string of the molecule is COc1cc2cc(C(=O)C[C@H](C)C(=O)O)sc2cc1OCCCCCCBr. The van der Waals surface area contributed by atoms with Crippen LogP contribution in [0.5, 0.6) is 11.5 Å². The van der Waals surface area contributed by atoms with Crippen molar-refractivity contribution in [1.29, 1.82) is 0 Å². The van der Waals surface area contributed by atoms with Gasteiger partial charge in [-0.05, 0) is 30.4 Å². The minimum Gasteiger partial charge on any atom is -0.493 e. The normalized spacial score (nSPS) is 12.1. The van der Waals surface area contributed by atoms with Crippen molar-refractivity contribution < 1.29 is 24.2 Å². The average molecular weight is 457 g/mol. The van der Waals surface area contributed by atoms with Gasteiger partial charge < -0.3 is 14.6 Å². The van der Waals surface area contributed by atoms with E-state index in [4.69, 9.17) is 14.6 Å². The molecule has 0 aliphatic carbocycles. The number of fused-ring (bicyclic) bond motifs is 1. The van der Waals surface area contributed by atoms with Crippen LogP contribution in [0.15, 0.2) is 18.2 Å². The van der Waals surface area contributed by atoms with Gasteiger partial charge in [0.2, 0.25) is 0 Å². The van der Waals surface area contributed by atoms with Gasteiger partial charge in [0.1, 0.15) is 0 Å². The molecule has 1 N–H and O–H groups in total. The van der Waals surface area contributed by atoms with Gasteiger partial charge >= 0.3 is 5.97 Å². The molecule has 1 aromatic heterocycles. The van der Waals surface area contributed by atoms with Gasteiger partial charge in [0.15, 0.2) is 17.3 Å². The number of carbonyl (C=O) groups excluding carboxylic acids is 1. The largest absolute Gasteiger partial charge is 0.493 e. The third-order valence-electron chi connectivity index (χ3n) is 4.28. The molecular weight excluding hydrogens is 432 g/mol. The number of unbranched alkanes of at least 4 members (excludes halogenated alkanes) is 3. The molecule has 5 nitrogen and oxygen atoms in total. The fourth-order valence-corrected chi connectivity index (χ4v) is 4.07. The number of benzene rings is 1. The predicted molar refractivity (Wildman–Crippen MR) is 112 cm³/mol. The Bertz CT molecular complexity index is 786. The fraction of sp³-hybridized carbons (Fsp3) is 0.500. The predicted octanol–water partition coefficient (Wildman–Crippen LogP) is 5.54. The molecule has 1 heterocycles. The number of carboxylic acids is 1. The Hall–Kier alpha value is -1.60.